The van der Waals surface area contributed by atoms with Crippen LogP contribution in [0.5, 0.6) is 11.6 Å². The van der Waals surface area contributed by atoms with Gasteiger partial charge < -0.3 is 25.4 Å². The van der Waals surface area contributed by atoms with Crippen LogP contribution in [0.1, 0.15) is 31.2 Å². The number of nitrogens with zero attached hydrogens (tertiary/aromatic N) is 6. The summed E-state index contributed by atoms with van der Waals surface area (Å²) >= 11 is 12.7. The van der Waals surface area contributed by atoms with Crippen molar-refractivity contribution in [2.75, 3.05) is 57.8 Å². The molecule has 2 aromatic heterocycles. The van der Waals surface area contributed by atoms with Gasteiger partial charge in [-0.2, -0.15) is 0 Å². The minimum Gasteiger partial charge on any atom is -0.481 e. The van der Waals surface area contributed by atoms with Crippen molar-refractivity contribution in [3.63, 3.8) is 0 Å². The maximum Gasteiger partial charge on any atom is 0.314 e. The molecule has 1 aliphatic carbocycles. The number of carbonyl (C=O) groups is 2. The van der Waals surface area contributed by atoms with Crippen LogP contribution in [-0.2, 0) is 11.3 Å². The fourth-order valence-electron chi connectivity index (χ4n) is 6.51. The summed E-state index contributed by atoms with van der Waals surface area (Å²) in [7, 11) is 1.62. The standard InChI is InChI=1S/C33H40Cl2N8O4/c1-36-33(46)39-17-21-2-4-41(5-3-21)20-22-10-29(23-12-25(34)16-26(35)13-23)40-30(11-22)47-28-18-37-32(38-19-28)43-8-6-42(7-9-43)27-14-24(15-27)31(44)45/h10-13,16,18-19,21,24,27H,2-9,14-15,17,20H2,1H3,(H,44,45)(H2,36,39,46). The number of urea groups is 1. The first-order valence-electron chi connectivity index (χ1n) is 16.1. The second-order valence-electron chi connectivity index (χ2n) is 12.5. The SMILES string of the molecule is CNC(=O)NCC1CCN(Cc2cc(Oc3cnc(N4CCN(C5CC(C(=O)O)C5)CC4)nc3)nc(-c3cc(Cl)cc(Cl)c3)c2)CC1. The van der Waals surface area contributed by atoms with Gasteiger partial charge in [0.05, 0.1) is 24.0 Å². The average molecular weight is 684 g/mol. The quantitative estimate of drug-likeness (QED) is 0.275. The summed E-state index contributed by atoms with van der Waals surface area (Å²) in [5.41, 5.74) is 2.53. The minimum absolute atomic E-state index is 0.147. The average Bonchev–Trinajstić information content (AvgIpc) is 3.03. The molecule has 3 N–H and O–H groups in total. The second kappa shape index (κ2) is 15.0. The number of carbonyl (C=O) groups excluding carboxylic acids is 1. The number of nitrogens with one attached hydrogen (secondary N) is 2. The molecule has 47 heavy (non-hydrogen) atoms. The van der Waals surface area contributed by atoms with E-state index in [2.05, 4.69) is 35.3 Å². The van der Waals surface area contributed by atoms with Crippen LogP contribution >= 0.6 is 23.2 Å². The number of amides is 2. The number of aliphatic carboxylic acids is 1. The van der Waals surface area contributed by atoms with E-state index < -0.39 is 5.97 Å². The van der Waals surface area contributed by atoms with E-state index in [4.69, 9.17) is 32.9 Å². The van der Waals surface area contributed by atoms with Crippen LogP contribution in [0.15, 0.2) is 42.7 Å². The van der Waals surface area contributed by atoms with Crippen LogP contribution in [0.25, 0.3) is 11.3 Å². The lowest BCUT2D eigenvalue weighted by Crippen LogP contribution is -2.55. The molecule has 4 heterocycles. The van der Waals surface area contributed by atoms with Crippen LogP contribution < -0.4 is 20.3 Å². The number of aromatic nitrogens is 3. The highest BCUT2D eigenvalue weighted by Crippen LogP contribution is 2.33. The van der Waals surface area contributed by atoms with Crippen molar-refractivity contribution in [1.29, 1.82) is 0 Å². The number of likely N-dealkylation sites (tertiary alicyclic amines) is 1. The van der Waals surface area contributed by atoms with Gasteiger partial charge in [0, 0.05) is 74.0 Å². The number of benzene rings is 1. The molecule has 3 aromatic rings. The third-order valence-corrected chi connectivity index (χ3v) is 9.76. The fraction of sp³-hybridized carbons (Fsp3) is 0.485. The third-order valence-electron chi connectivity index (χ3n) is 9.32. The first kappa shape index (κ1) is 33.2. The molecule has 0 atom stereocenters. The summed E-state index contributed by atoms with van der Waals surface area (Å²) in [6.45, 7) is 6.51. The highest BCUT2D eigenvalue weighted by atomic mass is 35.5. The second-order valence-corrected chi connectivity index (χ2v) is 13.4. The molecular weight excluding hydrogens is 643 g/mol. The van der Waals surface area contributed by atoms with Gasteiger partial charge in [-0.05, 0) is 74.5 Å². The van der Waals surface area contributed by atoms with Crippen molar-refractivity contribution < 1.29 is 19.4 Å². The molecule has 3 aliphatic rings. The lowest BCUT2D eigenvalue weighted by molar-refractivity contribution is -0.147. The number of hydrogen-bond donors (Lipinski definition) is 3. The number of ether oxygens (including phenoxy) is 1. The topological polar surface area (TPSA) is 136 Å². The summed E-state index contributed by atoms with van der Waals surface area (Å²) in [5.74, 6) is 1.09. The molecule has 12 nitrogen and oxygen atoms in total. The Hall–Kier alpha value is -3.71. The molecule has 0 radical (unpaired) electrons. The predicted octanol–water partition coefficient (Wildman–Crippen LogP) is 4.76. The largest absolute Gasteiger partial charge is 0.481 e. The molecule has 0 spiro atoms. The lowest BCUT2D eigenvalue weighted by Gasteiger charge is -2.45. The number of piperazine rings is 1. The van der Waals surface area contributed by atoms with E-state index in [1.54, 1.807) is 25.5 Å². The minimum atomic E-state index is -0.688. The number of carboxylic acids is 1. The summed E-state index contributed by atoms with van der Waals surface area (Å²) in [6.07, 6.45) is 6.80. The van der Waals surface area contributed by atoms with Crippen molar-refractivity contribution in [1.82, 2.24) is 35.4 Å². The molecule has 14 heteroatoms. The van der Waals surface area contributed by atoms with Crippen LogP contribution in [0.3, 0.4) is 0 Å². The first-order valence-corrected chi connectivity index (χ1v) is 16.8. The van der Waals surface area contributed by atoms with Crippen LogP contribution in [-0.4, -0.2) is 101 Å². The molecule has 1 saturated carbocycles. The Morgan fingerprint density at radius 2 is 1.64 bits per heavy atom. The molecule has 1 aromatic carbocycles. The Morgan fingerprint density at radius 1 is 0.957 bits per heavy atom. The van der Waals surface area contributed by atoms with Gasteiger partial charge >= 0.3 is 12.0 Å². The monoisotopic (exact) mass is 682 g/mol. The van der Waals surface area contributed by atoms with Gasteiger partial charge in [-0.3, -0.25) is 14.6 Å². The predicted molar refractivity (Wildman–Crippen MR) is 180 cm³/mol. The number of halogens is 2. The lowest BCUT2D eigenvalue weighted by atomic mass is 9.79. The summed E-state index contributed by atoms with van der Waals surface area (Å²) in [4.78, 5) is 43.6. The number of pyridine rings is 1. The van der Waals surface area contributed by atoms with Crippen LogP contribution in [0.4, 0.5) is 10.7 Å². The number of piperidine rings is 1. The highest BCUT2D eigenvalue weighted by Gasteiger charge is 2.39. The van der Waals surface area contributed by atoms with Gasteiger partial charge in [-0.25, -0.2) is 19.7 Å². The third kappa shape index (κ3) is 8.61. The zero-order valence-corrected chi connectivity index (χ0v) is 27.9. The smallest absolute Gasteiger partial charge is 0.314 e. The molecular formula is C33H40Cl2N8O4. The Balaban J connectivity index is 1.10. The van der Waals surface area contributed by atoms with Crippen LogP contribution in [0, 0.1) is 11.8 Å². The van der Waals surface area contributed by atoms with Gasteiger partial charge in [0.25, 0.3) is 0 Å². The molecule has 250 valence electrons. The molecule has 6 rings (SSSR count). The van der Waals surface area contributed by atoms with E-state index in [1.165, 1.54) is 0 Å². The Morgan fingerprint density at radius 3 is 2.28 bits per heavy atom. The molecule has 2 saturated heterocycles. The van der Waals surface area contributed by atoms with E-state index >= 15 is 0 Å². The van der Waals surface area contributed by atoms with E-state index in [0.717, 1.165) is 82.6 Å². The zero-order valence-electron chi connectivity index (χ0n) is 26.4. The molecule has 3 fully saturated rings. The van der Waals surface area contributed by atoms with Gasteiger partial charge in [0.1, 0.15) is 0 Å². The van der Waals surface area contributed by atoms with Crippen molar-refractivity contribution in [3.05, 3.63) is 58.3 Å². The van der Waals surface area contributed by atoms with E-state index in [-0.39, 0.29) is 11.9 Å². The zero-order chi connectivity index (χ0) is 32.9. The van der Waals surface area contributed by atoms with E-state index in [0.29, 0.717) is 51.8 Å². The molecule has 0 bridgehead atoms. The van der Waals surface area contributed by atoms with Gasteiger partial charge in [0.15, 0.2) is 5.75 Å². The number of hydrogen-bond acceptors (Lipinski definition) is 9. The summed E-state index contributed by atoms with van der Waals surface area (Å²) in [6, 6.07) is 9.55. The van der Waals surface area contributed by atoms with Gasteiger partial charge in [-0.1, -0.05) is 23.2 Å². The molecule has 2 aliphatic heterocycles. The Bertz CT molecular complexity index is 1540. The summed E-state index contributed by atoms with van der Waals surface area (Å²) < 4.78 is 6.21. The fourth-order valence-corrected chi connectivity index (χ4v) is 7.03. The van der Waals surface area contributed by atoms with E-state index in [1.807, 2.05) is 24.3 Å². The van der Waals surface area contributed by atoms with E-state index in [9.17, 15) is 14.7 Å². The van der Waals surface area contributed by atoms with Gasteiger partial charge in [0.2, 0.25) is 11.8 Å². The van der Waals surface area contributed by atoms with Crippen molar-refractivity contribution in [3.8, 4) is 22.9 Å². The molecule has 2 amide bonds. The number of anilines is 1. The number of carboxylic acid groups (broad SMARTS) is 1. The van der Waals surface area contributed by atoms with Crippen LogP contribution in [0.2, 0.25) is 10.0 Å². The molecule has 0 unspecified atom stereocenters. The first-order chi connectivity index (χ1) is 22.7. The maximum atomic E-state index is 11.6. The normalized spacial score (nSPS) is 20.8. The van der Waals surface area contributed by atoms with Crippen molar-refractivity contribution in [2.45, 2.75) is 38.3 Å². The highest BCUT2D eigenvalue weighted by molar-refractivity contribution is 6.35. The summed E-state index contributed by atoms with van der Waals surface area (Å²) in [5, 5.41) is 15.8. The maximum absolute atomic E-state index is 11.6. The Kier molecular flexibility index (Phi) is 10.6. The van der Waals surface area contributed by atoms with Gasteiger partial charge in [-0.15, -0.1) is 0 Å². The number of rotatable bonds is 10. The van der Waals surface area contributed by atoms with Crippen molar-refractivity contribution >= 4 is 41.2 Å². The Labute approximate surface area is 284 Å². The van der Waals surface area contributed by atoms with Crippen molar-refractivity contribution in [2.24, 2.45) is 11.8 Å².